The lowest BCUT2D eigenvalue weighted by atomic mass is 9.85. The minimum atomic E-state index is -1.21. The van der Waals surface area contributed by atoms with E-state index in [0.717, 1.165) is 0 Å². The maximum Gasteiger partial charge on any atom is 0.313 e. The molecule has 0 unspecified atom stereocenters. The summed E-state index contributed by atoms with van der Waals surface area (Å²) in [4.78, 5) is 18.1. The van der Waals surface area contributed by atoms with Crippen molar-refractivity contribution in [2.75, 3.05) is 11.5 Å². The molecule has 1 rings (SSSR count). The Morgan fingerprint density at radius 3 is 2.14 bits per heavy atom. The van der Waals surface area contributed by atoms with E-state index in [0.29, 0.717) is 0 Å². The van der Waals surface area contributed by atoms with E-state index in [9.17, 15) is 4.79 Å². The van der Waals surface area contributed by atoms with Gasteiger partial charge in [-0.1, -0.05) is 0 Å². The van der Waals surface area contributed by atoms with E-state index in [1.807, 2.05) is 0 Å². The number of rotatable bonds is 2. The van der Waals surface area contributed by atoms with E-state index >= 15 is 0 Å². The van der Waals surface area contributed by atoms with Crippen molar-refractivity contribution in [2.45, 2.75) is 19.3 Å². The number of nitrogens with two attached hydrogens (primary N) is 2. The minimum Gasteiger partial charge on any atom is -0.481 e. The molecule has 0 amide bonds. The fourth-order valence-electron chi connectivity index (χ4n) is 1.12. The molecule has 0 aliphatic carbocycles. The number of carboxylic acid groups (broad SMARTS) is 1. The molecule has 0 saturated heterocycles. The first-order valence-electron chi connectivity index (χ1n) is 3.90. The van der Waals surface area contributed by atoms with Gasteiger partial charge in [-0.2, -0.15) is 0 Å². The van der Waals surface area contributed by atoms with Crippen LogP contribution in [0, 0.1) is 6.33 Å². The third-order valence-electron chi connectivity index (χ3n) is 2.01. The fourth-order valence-corrected chi connectivity index (χ4v) is 1.12. The first kappa shape index (κ1) is 10.2. The van der Waals surface area contributed by atoms with Gasteiger partial charge in [0, 0.05) is 0 Å². The highest BCUT2D eigenvalue weighted by molar-refractivity contribution is 5.84. The summed E-state index contributed by atoms with van der Waals surface area (Å²) in [6, 6.07) is 0. The molecule has 1 heterocycles. The Kier molecular flexibility index (Phi) is 2.29. The summed E-state index contributed by atoms with van der Waals surface area (Å²) in [5.74, 6) is -0.944. The highest BCUT2D eigenvalue weighted by atomic mass is 16.4. The predicted octanol–water partition coefficient (Wildman–Crippen LogP) is -0.197. The number of carbonyl (C=O) groups is 1. The molecular weight excluding hydrogens is 184 g/mol. The molecule has 0 saturated carbocycles. The number of nitrogen functional groups attached to an aromatic ring is 2. The predicted molar refractivity (Wildman–Crippen MR) is 50.4 cm³/mol. The van der Waals surface area contributed by atoms with Gasteiger partial charge >= 0.3 is 5.97 Å². The summed E-state index contributed by atoms with van der Waals surface area (Å²) in [6.07, 6.45) is 2.24. The molecule has 75 valence electrons. The number of aromatic nitrogens is 2. The van der Waals surface area contributed by atoms with Gasteiger partial charge in [0.1, 0.15) is 11.6 Å². The van der Waals surface area contributed by atoms with Crippen LogP contribution in [0.3, 0.4) is 0 Å². The highest BCUT2D eigenvalue weighted by Crippen LogP contribution is 2.30. The summed E-state index contributed by atoms with van der Waals surface area (Å²) in [6.45, 7) is 2.97. The maximum absolute atomic E-state index is 10.9. The first-order valence-corrected chi connectivity index (χ1v) is 3.90. The lowest BCUT2D eigenvalue weighted by molar-refractivity contribution is -0.142. The second-order valence-electron chi connectivity index (χ2n) is 3.40. The van der Waals surface area contributed by atoms with Crippen LogP contribution in [0.4, 0.5) is 11.6 Å². The lowest BCUT2D eigenvalue weighted by Gasteiger charge is -2.21. The quantitative estimate of drug-likeness (QED) is 0.602. The van der Waals surface area contributed by atoms with E-state index in [4.69, 9.17) is 16.6 Å². The zero-order valence-corrected chi connectivity index (χ0v) is 7.90. The van der Waals surface area contributed by atoms with Crippen molar-refractivity contribution in [3.05, 3.63) is 11.9 Å². The van der Waals surface area contributed by atoms with Crippen LogP contribution in [0.5, 0.6) is 0 Å². The second kappa shape index (κ2) is 3.13. The van der Waals surface area contributed by atoms with Gasteiger partial charge in [0.25, 0.3) is 0 Å². The number of anilines is 2. The van der Waals surface area contributed by atoms with E-state index in [1.165, 1.54) is 13.8 Å². The third kappa shape index (κ3) is 1.46. The van der Waals surface area contributed by atoms with Crippen LogP contribution >= 0.6 is 0 Å². The Balaban J connectivity index is 3.38. The summed E-state index contributed by atoms with van der Waals surface area (Å²) < 4.78 is 0. The van der Waals surface area contributed by atoms with Crippen LogP contribution < -0.4 is 11.5 Å². The molecule has 0 aliphatic heterocycles. The van der Waals surface area contributed by atoms with Crippen LogP contribution in [-0.4, -0.2) is 21.0 Å². The normalized spacial score (nSPS) is 11.3. The Morgan fingerprint density at radius 2 is 1.79 bits per heavy atom. The van der Waals surface area contributed by atoms with Gasteiger partial charge in [0.05, 0.1) is 11.0 Å². The third-order valence-corrected chi connectivity index (χ3v) is 2.01. The van der Waals surface area contributed by atoms with Gasteiger partial charge in [-0.3, -0.25) is 4.79 Å². The SMILES string of the molecule is CC(C)(C(=O)O)c1c(N)n[c]nc1N. The van der Waals surface area contributed by atoms with E-state index in [1.54, 1.807) is 0 Å². The molecule has 6 heteroatoms. The van der Waals surface area contributed by atoms with Gasteiger partial charge in [-0.05, 0) is 13.8 Å². The molecule has 14 heavy (non-hydrogen) atoms. The summed E-state index contributed by atoms with van der Waals surface area (Å²) in [7, 11) is 0. The molecule has 0 aliphatic rings. The molecule has 1 radical (unpaired) electrons. The zero-order valence-electron chi connectivity index (χ0n) is 7.90. The molecule has 1 aromatic heterocycles. The monoisotopic (exact) mass is 195 g/mol. The molecule has 5 N–H and O–H groups in total. The molecular formula is C8H11N4O2. The molecule has 6 nitrogen and oxygen atoms in total. The van der Waals surface area contributed by atoms with Crippen molar-refractivity contribution in [3.63, 3.8) is 0 Å². The Labute approximate surface area is 81.0 Å². The summed E-state index contributed by atoms with van der Waals surface area (Å²) in [5.41, 5.74) is 10.1. The topological polar surface area (TPSA) is 115 Å². The Bertz CT molecular complexity index is 355. The number of hydrogen-bond acceptors (Lipinski definition) is 5. The Hall–Kier alpha value is -1.85. The van der Waals surface area contributed by atoms with E-state index in [2.05, 4.69) is 16.3 Å². The zero-order chi connectivity index (χ0) is 10.9. The largest absolute Gasteiger partial charge is 0.481 e. The van der Waals surface area contributed by atoms with Gasteiger partial charge in [-0.25, -0.2) is 9.97 Å². The van der Waals surface area contributed by atoms with Crippen LogP contribution in [0.1, 0.15) is 19.4 Å². The second-order valence-corrected chi connectivity index (χ2v) is 3.40. The molecule has 0 fully saturated rings. The first-order chi connectivity index (χ1) is 6.37. The number of aliphatic carboxylic acids is 1. The average Bonchev–Trinajstić information content (AvgIpc) is 2.02. The smallest absolute Gasteiger partial charge is 0.313 e. The van der Waals surface area contributed by atoms with Crippen molar-refractivity contribution >= 4 is 17.6 Å². The molecule has 0 spiro atoms. The molecule has 0 atom stereocenters. The van der Waals surface area contributed by atoms with Crippen LogP contribution in [0.25, 0.3) is 0 Å². The van der Waals surface area contributed by atoms with Crippen molar-refractivity contribution in [3.8, 4) is 0 Å². The summed E-state index contributed by atoms with van der Waals surface area (Å²) >= 11 is 0. The number of nitrogens with zero attached hydrogens (tertiary/aromatic N) is 2. The van der Waals surface area contributed by atoms with Crippen LogP contribution in [0.2, 0.25) is 0 Å². The van der Waals surface area contributed by atoms with Gasteiger partial charge in [-0.15, -0.1) is 0 Å². The lowest BCUT2D eigenvalue weighted by Crippen LogP contribution is -2.31. The maximum atomic E-state index is 10.9. The van der Waals surface area contributed by atoms with Crippen LogP contribution in [-0.2, 0) is 10.2 Å². The minimum absolute atomic E-state index is 0.0462. The standard InChI is InChI=1S/C8H11N4O2/c1-8(2,7(13)14)4-5(9)11-3-12-6(4)10/h1-2H3,(H,13,14)(H4,9,10,11,12). The van der Waals surface area contributed by atoms with E-state index in [-0.39, 0.29) is 17.2 Å². The van der Waals surface area contributed by atoms with Crippen molar-refractivity contribution in [2.24, 2.45) is 0 Å². The van der Waals surface area contributed by atoms with Crippen molar-refractivity contribution in [1.29, 1.82) is 0 Å². The van der Waals surface area contributed by atoms with Gasteiger partial charge in [0.2, 0.25) is 6.33 Å². The van der Waals surface area contributed by atoms with Gasteiger partial charge in [0.15, 0.2) is 0 Å². The molecule has 1 aromatic rings. The number of carboxylic acids is 1. The van der Waals surface area contributed by atoms with Crippen molar-refractivity contribution in [1.82, 2.24) is 9.97 Å². The fraction of sp³-hybridized carbons (Fsp3) is 0.375. The average molecular weight is 195 g/mol. The van der Waals surface area contributed by atoms with Crippen LogP contribution in [0.15, 0.2) is 0 Å². The van der Waals surface area contributed by atoms with Crippen molar-refractivity contribution < 1.29 is 9.90 Å². The summed E-state index contributed by atoms with van der Waals surface area (Å²) in [5, 5.41) is 8.97. The highest BCUT2D eigenvalue weighted by Gasteiger charge is 2.34. The molecule has 0 bridgehead atoms. The van der Waals surface area contributed by atoms with Gasteiger partial charge < -0.3 is 16.6 Å². The Morgan fingerprint density at radius 1 is 1.36 bits per heavy atom. The molecule has 0 aromatic carbocycles. The van der Waals surface area contributed by atoms with E-state index < -0.39 is 11.4 Å². The number of hydrogen-bond donors (Lipinski definition) is 3.